The van der Waals surface area contributed by atoms with Gasteiger partial charge in [-0.05, 0) is 18.6 Å². The molecule has 0 aromatic heterocycles. The molecule has 19 heavy (non-hydrogen) atoms. The molecule has 108 valence electrons. The Labute approximate surface area is 120 Å². The quantitative estimate of drug-likeness (QED) is 0.750. The van der Waals surface area contributed by atoms with E-state index >= 15 is 0 Å². The molecular weight excluding hydrogens is 286 g/mol. The van der Waals surface area contributed by atoms with E-state index in [-0.39, 0.29) is 11.8 Å². The van der Waals surface area contributed by atoms with E-state index < -0.39 is 9.84 Å². The number of nitrogens with one attached hydrogen (secondary N) is 1. The Morgan fingerprint density at radius 2 is 2.05 bits per heavy atom. The van der Waals surface area contributed by atoms with Gasteiger partial charge in [-0.25, -0.2) is 8.42 Å². The molecule has 0 fully saturated rings. The highest BCUT2D eigenvalue weighted by atomic mass is 35.5. The summed E-state index contributed by atoms with van der Waals surface area (Å²) in [5.41, 5.74) is 0.582. The van der Waals surface area contributed by atoms with Gasteiger partial charge in [-0.3, -0.25) is 0 Å². The fraction of sp³-hybridized carbons (Fsp3) is 0.538. The third-order valence-electron chi connectivity index (χ3n) is 2.61. The highest BCUT2D eigenvalue weighted by Crippen LogP contribution is 2.23. The zero-order valence-corrected chi connectivity index (χ0v) is 12.8. The third kappa shape index (κ3) is 4.67. The Hall–Kier alpha value is -0.780. The largest absolute Gasteiger partial charge is 0.383 e. The van der Waals surface area contributed by atoms with Crippen LogP contribution in [0, 0.1) is 0 Å². The van der Waals surface area contributed by atoms with Gasteiger partial charge in [0, 0.05) is 13.0 Å². The SMILES string of the molecule is CCCS(=O)(=O)c1ccccc1NC(CCl)COC. The Kier molecular flexibility index (Phi) is 6.62. The molecule has 0 aliphatic rings. The first kappa shape index (κ1) is 16.3. The topological polar surface area (TPSA) is 55.4 Å². The van der Waals surface area contributed by atoms with Gasteiger partial charge in [0.1, 0.15) is 0 Å². The van der Waals surface area contributed by atoms with Crippen molar-refractivity contribution < 1.29 is 13.2 Å². The van der Waals surface area contributed by atoms with Gasteiger partial charge in [0.25, 0.3) is 0 Å². The maximum absolute atomic E-state index is 12.2. The number of ether oxygens (including phenoxy) is 1. The maximum atomic E-state index is 12.2. The highest BCUT2D eigenvalue weighted by molar-refractivity contribution is 7.91. The molecule has 0 radical (unpaired) electrons. The summed E-state index contributed by atoms with van der Waals surface area (Å²) >= 11 is 5.83. The van der Waals surface area contributed by atoms with Crippen LogP contribution in [0.2, 0.25) is 0 Å². The van der Waals surface area contributed by atoms with Crippen LogP contribution >= 0.6 is 11.6 Å². The molecule has 0 saturated carbocycles. The first-order valence-corrected chi connectivity index (χ1v) is 8.37. The molecule has 6 heteroatoms. The second-order valence-electron chi connectivity index (χ2n) is 4.27. The van der Waals surface area contributed by atoms with Gasteiger partial charge in [0.15, 0.2) is 9.84 Å². The summed E-state index contributed by atoms with van der Waals surface area (Å²) in [6, 6.07) is 6.76. The van der Waals surface area contributed by atoms with Crippen molar-refractivity contribution >= 4 is 27.1 Å². The molecular formula is C13H20ClNO3S. The normalized spacial score (nSPS) is 13.2. The van der Waals surface area contributed by atoms with Crippen LogP contribution in [0.1, 0.15) is 13.3 Å². The number of hydrogen-bond donors (Lipinski definition) is 1. The number of sulfone groups is 1. The molecule has 1 rings (SSSR count). The van der Waals surface area contributed by atoms with E-state index in [2.05, 4.69) is 5.32 Å². The summed E-state index contributed by atoms with van der Waals surface area (Å²) in [7, 11) is -1.67. The fourth-order valence-electron chi connectivity index (χ4n) is 1.78. The van der Waals surface area contributed by atoms with Gasteiger partial charge < -0.3 is 10.1 Å². The second kappa shape index (κ2) is 7.72. The molecule has 1 atom stereocenters. The second-order valence-corrected chi connectivity index (χ2v) is 6.65. The molecule has 0 aliphatic heterocycles. The third-order valence-corrected chi connectivity index (χ3v) is 4.95. The van der Waals surface area contributed by atoms with Gasteiger partial charge in [-0.1, -0.05) is 19.1 Å². The molecule has 0 saturated heterocycles. The first-order valence-electron chi connectivity index (χ1n) is 6.18. The van der Waals surface area contributed by atoms with Crippen molar-refractivity contribution in [3.05, 3.63) is 24.3 Å². The average Bonchev–Trinajstić information content (AvgIpc) is 2.38. The number of alkyl halides is 1. The molecule has 0 spiro atoms. The maximum Gasteiger partial charge on any atom is 0.180 e. The van der Waals surface area contributed by atoms with Crippen LogP contribution in [0.5, 0.6) is 0 Å². The summed E-state index contributed by atoms with van der Waals surface area (Å²) < 4.78 is 29.4. The molecule has 0 aliphatic carbocycles. The van der Waals surface area contributed by atoms with Crippen LogP contribution in [0.15, 0.2) is 29.2 Å². The fourth-order valence-corrected chi connectivity index (χ4v) is 3.45. The van der Waals surface area contributed by atoms with Crippen LogP contribution in [0.25, 0.3) is 0 Å². The van der Waals surface area contributed by atoms with Crippen molar-refractivity contribution in [2.24, 2.45) is 0 Å². The minimum Gasteiger partial charge on any atom is -0.383 e. The summed E-state index contributed by atoms with van der Waals surface area (Å²) in [4.78, 5) is 0.322. The van der Waals surface area contributed by atoms with Crippen molar-refractivity contribution in [2.45, 2.75) is 24.3 Å². The Bertz CT molecular complexity index is 490. The van der Waals surface area contributed by atoms with Gasteiger partial charge in [0.05, 0.1) is 29.0 Å². The van der Waals surface area contributed by atoms with E-state index in [4.69, 9.17) is 16.3 Å². The van der Waals surface area contributed by atoms with E-state index in [1.807, 2.05) is 6.92 Å². The zero-order chi connectivity index (χ0) is 14.3. The lowest BCUT2D eigenvalue weighted by Crippen LogP contribution is -2.27. The van der Waals surface area contributed by atoms with Crippen molar-refractivity contribution in [1.82, 2.24) is 0 Å². The van der Waals surface area contributed by atoms with E-state index in [9.17, 15) is 8.42 Å². The number of methoxy groups -OCH3 is 1. The standard InChI is InChI=1S/C13H20ClNO3S/c1-3-8-19(16,17)13-7-5-4-6-12(13)15-11(9-14)10-18-2/h4-7,11,15H,3,8-10H2,1-2H3. The number of anilines is 1. The number of benzene rings is 1. The predicted molar refractivity (Wildman–Crippen MR) is 78.8 cm³/mol. The van der Waals surface area contributed by atoms with E-state index in [0.29, 0.717) is 29.5 Å². The molecule has 1 aromatic rings. The van der Waals surface area contributed by atoms with E-state index in [1.165, 1.54) is 0 Å². The molecule has 0 amide bonds. The van der Waals surface area contributed by atoms with Gasteiger partial charge in [-0.2, -0.15) is 0 Å². The van der Waals surface area contributed by atoms with Crippen LogP contribution in [0.4, 0.5) is 5.69 Å². The minimum atomic E-state index is -3.26. The number of hydrogen-bond acceptors (Lipinski definition) is 4. The van der Waals surface area contributed by atoms with Crippen molar-refractivity contribution in [3.8, 4) is 0 Å². The summed E-state index contributed by atoms with van der Waals surface area (Å²) in [5.74, 6) is 0.484. The predicted octanol–water partition coefficient (Wildman–Crippen LogP) is 2.54. The van der Waals surface area contributed by atoms with Gasteiger partial charge in [-0.15, -0.1) is 11.6 Å². The summed E-state index contributed by atoms with van der Waals surface area (Å²) in [6.45, 7) is 2.27. The minimum absolute atomic E-state index is 0.121. The van der Waals surface area contributed by atoms with Crippen LogP contribution < -0.4 is 5.32 Å². The van der Waals surface area contributed by atoms with E-state index in [0.717, 1.165) is 0 Å². The lowest BCUT2D eigenvalue weighted by atomic mass is 10.3. The van der Waals surface area contributed by atoms with Crippen molar-refractivity contribution in [3.63, 3.8) is 0 Å². The molecule has 0 heterocycles. The van der Waals surface area contributed by atoms with Gasteiger partial charge in [0.2, 0.25) is 0 Å². The number of rotatable bonds is 8. The number of para-hydroxylation sites is 1. The van der Waals surface area contributed by atoms with Crippen LogP contribution in [-0.4, -0.2) is 39.8 Å². The Balaban J connectivity index is 3.02. The number of halogens is 1. The molecule has 1 N–H and O–H groups in total. The molecule has 4 nitrogen and oxygen atoms in total. The van der Waals surface area contributed by atoms with Crippen molar-refractivity contribution in [1.29, 1.82) is 0 Å². The zero-order valence-electron chi connectivity index (χ0n) is 11.2. The van der Waals surface area contributed by atoms with Crippen LogP contribution in [0.3, 0.4) is 0 Å². The lowest BCUT2D eigenvalue weighted by Gasteiger charge is -2.19. The monoisotopic (exact) mass is 305 g/mol. The summed E-state index contributed by atoms with van der Waals surface area (Å²) in [6.07, 6.45) is 0.591. The lowest BCUT2D eigenvalue weighted by molar-refractivity contribution is 0.191. The summed E-state index contributed by atoms with van der Waals surface area (Å²) in [5, 5.41) is 3.13. The Morgan fingerprint density at radius 3 is 2.63 bits per heavy atom. The molecule has 1 aromatic carbocycles. The smallest absolute Gasteiger partial charge is 0.180 e. The highest BCUT2D eigenvalue weighted by Gasteiger charge is 2.19. The van der Waals surface area contributed by atoms with Gasteiger partial charge >= 0.3 is 0 Å². The van der Waals surface area contributed by atoms with E-state index in [1.54, 1.807) is 31.4 Å². The molecule has 1 unspecified atom stereocenters. The first-order chi connectivity index (χ1) is 9.05. The Morgan fingerprint density at radius 1 is 1.37 bits per heavy atom. The van der Waals surface area contributed by atoms with Crippen molar-refractivity contribution in [2.75, 3.05) is 30.7 Å². The van der Waals surface area contributed by atoms with Crippen LogP contribution in [-0.2, 0) is 14.6 Å². The average molecular weight is 306 g/mol. The molecule has 0 bridgehead atoms.